The number of halogens is 5. The summed E-state index contributed by atoms with van der Waals surface area (Å²) in [6.07, 6.45) is -9.16. The number of ether oxygens (including phenoxy) is 2. The van der Waals surface area contributed by atoms with Gasteiger partial charge in [0.2, 0.25) is 5.85 Å². The normalized spacial score (nSPS) is 18.0. The standard InChI is InChI=1S/C7H11F5O2/c1-4-5(2,8)13-7(11,12)14-6(3,9)10/h4H2,1-3H3. The highest BCUT2D eigenvalue weighted by Crippen LogP contribution is 2.33. The summed E-state index contributed by atoms with van der Waals surface area (Å²) in [6.45, 7) is 2.02. The second-order valence-corrected chi connectivity index (χ2v) is 2.93. The van der Waals surface area contributed by atoms with Crippen molar-refractivity contribution in [1.82, 2.24) is 0 Å². The lowest BCUT2D eigenvalue weighted by Crippen LogP contribution is -2.39. The smallest absolute Gasteiger partial charge is 0.258 e. The van der Waals surface area contributed by atoms with Crippen molar-refractivity contribution in [3.63, 3.8) is 0 Å². The van der Waals surface area contributed by atoms with Gasteiger partial charge in [-0.3, -0.25) is 4.74 Å². The second-order valence-electron chi connectivity index (χ2n) is 2.93. The van der Waals surface area contributed by atoms with Gasteiger partial charge in [-0.15, -0.1) is 8.78 Å². The molecule has 0 aromatic heterocycles. The van der Waals surface area contributed by atoms with Gasteiger partial charge in [-0.05, 0) is 6.92 Å². The van der Waals surface area contributed by atoms with Crippen LogP contribution in [-0.4, -0.2) is 18.3 Å². The van der Waals surface area contributed by atoms with Crippen LogP contribution in [0.25, 0.3) is 0 Å². The van der Waals surface area contributed by atoms with Crippen molar-refractivity contribution in [2.24, 2.45) is 0 Å². The first-order valence-corrected chi connectivity index (χ1v) is 3.82. The van der Waals surface area contributed by atoms with Crippen LogP contribution < -0.4 is 0 Å². The number of hydrogen-bond acceptors (Lipinski definition) is 2. The molecule has 7 heteroatoms. The average molecular weight is 222 g/mol. The Hall–Kier alpha value is -0.430. The molecule has 0 amide bonds. The van der Waals surface area contributed by atoms with Gasteiger partial charge in [-0.1, -0.05) is 6.92 Å². The molecule has 0 fully saturated rings. The molecular weight excluding hydrogens is 211 g/mol. The number of rotatable bonds is 5. The van der Waals surface area contributed by atoms with Crippen LogP contribution in [0.1, 0.15) is 27.2 Å². The van der Waals surface area contributed by atoms with Crippen molar-refractivity contribution in [3.05, 3.63) is 0 Å². The molecular formula is C7H11F5O2. The maximum Gasteiger partial charge on any atom is 0.492 e. The van der Waals surface area contributed by atoms with Crippen molar-refractivity contribution in [2.45, 2.75) is 45.5 Å². The van der Waals surface area contributed by atoms with Gasteiger partial charge in [-0.2, -0.15) is 8.78 Å². The van der Waals surface area contributed by atoms with Crippen molar-refractivity contribution in [3.8, 4) is 0 Å². The van der Waals surface area contributed by atoms with E-state index >= 15 is 0 Å². The summed E-state index contributed by atoms with van der Waals surface area (Å²) >= 11 is 0. The monoisotopic (exact) mass is 222 g/mol. The maximum absolute atomic E-state index is 12.9. The summed E-state index contributed by atoms with van der Waals surface area (Å²) in [4.78, 5) is 0. The van der Waals surface area contributed by atoms with Crippen LogP contribution in [0.15, 0.2) is 0 Å². The molecule has 0 spiro atoms. The van der Waals surface area contributed by atoms with E-state index in [9.17, 15) is 22.0 Å². The molecule has 0 heterocycles. The summed E-state index contributed by atoms with van der Waals surface area (Å²) < 4.78 is 68.1. The van der Waals surface area contributed by atoms with E-state index in [4.69, 9.17) is 0 Å². The molecule has 86 valence electrons. The summed E-state index contributed by atoms with van der Waals surface area (Å²) in [7, 11) is 0. The summed E-state index contributed by atoms with van der Waals surface area (Å²) in [6, 6.07) is 0. The highest BCUT2D eigenvalue weighted by Gasteiger charge is 2.47. The fourth-order valence-corrected chi connectivity index (χ4v) is 0.549. The third kappa shape index (κ3) is 6.09. The molecule has 1 atom stereocenters. The van der Waals surface area contributed by atoms with E-state index in [0.29, 0.717) is 6.92 Å². The molecule has 0 aromatic carbocycles. The molecule has 2 nitrogen and oxygen atoms in total. The first kappa shape index (κ1) is 13.6. The lowest BCUT2D eigenvalue weighted by molar-refractivity contribution is -0.493. The maximum atomic E-state index is 12.9. The van der Waals surface area contributed by atoms with E-state index in [1.807, 2.05) is 0 Å². The largest absolute Gasteiger partial charge is 0.492 e. The van der Waals surface area contributed by atoms with Crippen LogP contribution in [0.5, 0.6) is 0 Å². The first-order valence-electron chi connectivity index (χ1n) is 3.82. The Labute approximate surface area is 78.0 Å². The highest BCUT2D eigenvalue weighted by molar-refractivity contribution is 4.58. The molecule has 0 aliphatic heterocycles. The summed E-state index contributed by atoms with van der Waals surface area (Å²) in [5.74, 6) is -2.71. The fourth-order valence-electron chi connectivity index (χ4n) is 0.549. The van der Waals surface area contributed by atoms with E-state index in [1.165, 1.54) is 6.92 Å². The fraction of sp³-hybridized carbons (Fsp3) is 1.00. The lowest BCUT2D eigenvalue weighted by atomic mass is 10.3. The first-order chi connectivity index (χ1) is 5.97. The molecule has 0 radical (unpaired) electrons. The van der Waals surface area contributed by atoms with Gasteiger partial charge in [0.25, 0.3) is 0 Å². The van der Waals surface area contributed by atoms with Crippen molar-refractivity contribution >= 4 is 0 Å². The third-order valence-corrected chi connectivity index (χ3v) is 1.26. The minimum atomic E-state index is -4.66. The van der Waals surface area contributed by atoms with Crippen LogP contribution in [-0.2, 0) is 9.47 Å². The van der Waals surface area contributed by atoms with Gasteiger partial charge < -0.3 is 0 Å². The van der Waals surface area contributed by atoms with Gasteiger partial charge in [-0.25, -0.2) is 9.13 Å². The van der Waals surface area contributed by atoms with Crippen LogP contribution in [0.2, 0.25) is 0 Å². The molecule has 0 N–H and O–H groups in total. The van der Waals surface area contributed by atoms with Gasteiger partial charge in [0.1, 0.15) is 0 Å². The summed E-state index contributed by atoms with van der Waals surface area (Å²) in [5.41, 5.74) is 0. The molecule has 0 rings (SSSR count). The Kier molecular flexibility index (Phi) is 3.85. The zero-order valence-corrected chi connectivity index (χ0v) is 7.91. The van der Waals surface area contributed by atoms with E-state index in [-0.39, 0.29) is 6.92 Å². The molecule has 0 aliphatic carbocycles. The van der Waals surface area contributed by atoms with Crippen molar-refractivity contribution in [2.75, 3.05) is 0 Å². The van der Waals surface area contributed by atoms with Gasteiger partial charge in [0.15, 0.2) is 0 Å². The SMILES string of the molecule is CCC(C)(F)OC(F)(F)OC(C)(F)F. The molecule has 0 saturated heterocycles. The van der Waals surface area contributed by atoms with Gasteiger partial charge >= 0.3 is 12.4 Å². The molecule has 1 unspecified atom stereocenters. The topological polar surface area (TPSA) is 18.5 Å². The lowest BCUT2D eigenvalue weighted by Gasteiger charge is -2.26. The average Bonchev–Trinajstić information content (AvgIpc) is 1.78. The van der Waals surface area contributed by atoms with E-state index in [2.05, 4.69) is 9.47 Å². The molecule has 0 bridgehead atoms. The zero-order valence-electron chi connectivity index (χ0n) is 7.91. The third-order valence-electron chi connectivity index (χ3n) is 1.26. The Morgan fingerprint density at radius 3 is 1.64 bits per heavy atom. The number of alkyl halides is 5. The van der Waals surface area contributed by atoms with Crippen molar-refractivity contribution in [1.29, 1.82) is 0 Å². The van der Waals surface area contributed by atoms with Gasteiger partial charge in [0, 0.05) is 13.3 Å². The number of hydrogen-bond donors (Lipinski definition) is 0. The predicted octanol–water partition coefficient (Wildman–Crippen LogP) is 3.28. The van der Waals surface area contributed by atoms with Crippen LogP contribution >= 0.6 is 0 Å². The Balaban J connectivity index is 4.35. The molecule has 0 aliphatic rings. The minimum Gasteiger partial charge on any atom is -0.258 e. The van der Waals surface area contributed by atoms with Gasteiger partial charge in [0.05, 0.1) is 0 Å². The van der Waals surface area contributed by atoms with E-state index in [1.54, 1.807) is 0 Å². The zero-order chi connectivity index (χ0) is 11.6. The summed E-state index contributed by atoms with van der Waals surface area (Å²) in [5, 5.41) is 0. The van der Waals surface area contributed by atoms with Crippen LogP contribution in [0.3, 0.4) is 0 Å². The molecule has 0 saturated carbocycles. The predicted molar refractivity (Wildman–Crippen MR) is 37.5 cm³/mol. The Morgan fingerprint density at radius 1 is 0.929 bits per heavy atom. The highest BCUT2D eigenvalue weighted by atomic mass is 19.3. The quantitative estimate of drug-likeness (QED) is 0.525. The van der Waals surface area contributed by atoms with Crippen LogP contribution in [0, 0.1) is 0 Å². The molecule has 0 aromatic rings. The Morgan fingerprint density at radius 2 is 1.36 bits per heavy atom. The van der Waals surface area contributed by atoms with Crippen LogP contribution in [0.4, 0.5) is 22.0 Å². The Bertz CT molecular complexity index is 187. The molecule has 14 heavy (non-hydrogen) atoms. The van der Waals surface area contributed by atoms with Crippen molar-refractivity contribution < 1.29 is 31.4 Å². The van der Waals surface area contributed by atoms with E-state index < -0.39 is 24.7 Å². The van der Waals surface area contributed by atoms with E-state index in [0.717, 1.165) is 0 Å². The second kappa shape index (κ2) is 3.98. The minimum absolute atomic E-state index is 0.103.